The van der Waals surface area contributed by atoms with E-state index in [1.54, 1.807) is 30.3 Å². The average Bonchev–Trinajstić information content (AvgIpc) is 2.40. The Morgan fingerprint density at radius 3 is 1.94 bits per heavy atom. The van der Waals surface area contributed by atoms with Crippen LogP contribution in [0.25, 0.3) is 0 Å². The van der Waals surface area contributed by atoms with E-state index in [9.17, 15) is 8.42 Å². The molecular formula is C14H13ClO2S. The molecule has 4 heteroatoms. The van der Waals surface area contributed by atoms with E-state index in [4.69, 9.17) is 11.6 Å². The van der Waals surface area contributed by atoms with Crippen LogP contribution in [0, 0.1) is 0 Å². The quantitative estimate of drug-likeness (QED) is 0.804. The molecule has 2 aromatic carbocycles. The van der Waals surface area contributed by atoms with Crippen LogP contribution in [0.15, 0.2) is 65.6 Å². The number of hydrogen-bond acceptors (Lipinski definition) is 2. The molecule has 0 aliphatic carbocycles. The zero-order valence-corrected chi connectivity index (χ0v) is 11.2. The third-order valence-electron chi connectivity index (χ3n) is 2.63. The second-order valence-electron chi connectivity index (χ2n) is 3.97. The summed E-state index contributed by atoms with van der Waals surface area (Å²) in [5, 5.41) is -0.531. The molecule has 0 aliphatic heterocycles. The lowest BCUT2D eigenvalue weighted by atomic mass is 10.2. The fourth-order valence-electron chi connectivity index (χ4n) is 1.67. The van der Waals surface area contributed by atoms with Gasteiger partial charge in [-0.2, -0.15) is 0 Å². The molecule has 0 fully saturated rings. The molecule has 0 amide bonds. The maximum Gasteiger partial charge on any atom is 0.180 e. The van der Waals surface area contributed by atoms with Crippen molar-refractivity contribution < 1.29 is 8.42 Å². The second kappa shape index (κ2) is 5.55. The number of hydrogen-bond donors (Lipinski definition) is 0. The molecule has 0 saturated heterocycles. The van der Waals surface area contributed by atoms with Crippen molar-refractivity contribution in [2.75, 3.05) is 5.75 Å². The first-order valence-corrected chi connectivity index (χ1v) is 7.65. The maximum absolute atomic E-state index is 12.1. The van der Waals surface area contributed by atoms with Crippen molar-refractivity contribution in [1.29, 1.82) is 0 Å². The van der Waals surface area contributed by atoms with Gasteiger partial charge in [0.15, 0.2) is 9.84 Å². The smallest absolute Gasteiger partial charge is 0.180 e. The highest BCUT2D eigenvalue weighted by Gasteiger charge is 2.20. The van der Waals surface area contributed by atoms with E-state index in [1.807, 2.05) is 30.3 Å². The summed E-state index contributed by atoms with van der Waals surface area (Å²) in [6.07, 6.45) is 0. The molecule has 2 rings (SSSR count). The molecule has 94 valence electrons. The summed E-state index contributed by atoms with van der Waals surface area (Å²) >= 11 is 6.16. The minimum atomic E-state index is -3.34. The number of rotatable bonds is 4. The molecule has 18 heavy (non-hydrogen) atoms. The summed E-state index contributed by atoms with van der Waals surface area (Å²) < 4.78 is 24.3. The first kappa shape index (κ1) is 13.1. The van der Waals surface area contributed by atoms with Crippen LogP contribution >= 0.6 is 11.6 Å². The van der Waals surface area contributed by atoms with Gasteiger partial charge in [-0.3, -0.25) is 0 Å². The lowest BCUT2D eigenvalue weighted by Crippen LogP contribution is -2.11. The van der Waals surface area contributed by atoms with Gasteiger partial charge in [0.05, 0.1) is 16.0 Å². The van der Waals surface area contributed by atoms with Crippen molar-refractivity contribution in [3.63, 3.8) is 0 Å². The van der Waals surface area contributed by atoms with Gasteiger partial charge in [-0.15, -0.1) is 11.6 Å². The van der Waals surface area contributed by atoms with E-state index in [-0.39, 0.29) is 5.75 Å². The number of benzene rings is 2. The lowest BCUT2D eigenvalue weighted by Gasteiger charge is -2.10. The van der Waals surface area contributed by atoms with E-state index in [1.165, 1.54) is 0 Å². The third-order valence-corrected chi connectivity index (χ3v) is 4.98. The Balaban J connectivity index is 2.20. The summed E-state index contributed by atoms with van der Waals surface area (Å²) in [4.78, 5) is 0.312. The van der Waals surface area contributed by atoms with Gasteiger partial charge in [0.2, 0.25) is 0 Å². The van der Waals surface area contributed by atoms with Gasteiger partial charge in [0.1, 0.15) is 0 Å². The number of alkyl halides is 1. The maximum atomic E-state index is 12.1. The van der Waals surface area contributed by atoms with Crippen LogP contribution in [0.5, 0.6) is 0 Å². The highest BCUT2D eigenvalue weighted by molar-refractivity contribution is 7.91. The first-order valence-electron chi connectivity index (χ1n) is 5.56. The van der Waals surface area contributed by atoms with Crippen molar-refractivity contribution in [3.05, 3.63) is 66.2 Å². The number of halogens is 1. The Hall–Kier alpha value is -1.32. The van der Waals surface area contributed by atoms with Gasteiger partial charge in [-0.05, 0) is 17.7 Å². The molecule has 0 aromatic heterocycles. The Labute approximate surface area is 112 Å². The largest absolute Gasteiger partial charge is 0.224 e. The molecule has 1 unspecified atom stereocenters. The fourth-order valence-corrected chi connectivity index (χ4v) is 3.66. The van der Waals surface area contributed by atoms with E-state index >= 15 is 0 Å². The molecule has 0 heterocycles. The van der Waals surface area contributed by atoms with Crippen LogP contribution in [0.2, 0.25) is 0 Å². The minimum Gasteiger partial charge on any atom is -0.224 e. The summed E-state index contributed by atoms with van der Waals surface area (Å²) in [7, 11) is -3.34. The van der Waals surface area contributed by atoms with Crippen molar-refractivity contribution >= 4 is 21.4 Å². The van der Waals surface area contributed by atoms with Gasteiger partial charge in [-0.1, -0.05) is 48.5 Å². The molecule has 1 atom stereocenters. The van der Waals surface area contributed by atoms with Crippen molar-refractivity contribution in [3.8, 4) is 0 Å². The van der Waals surface area contributed by atoms with Crippen LogP contribution < -0.4 is 0 Å². The molecule has 0 radical (unpaired) electrons. The highest BCUT2D eigenvalue weighted by Crippen LogP contribution is 2.24. The van der Waals surface area contributed by atoms with Gasteiger partial charge < -0.3 is 0 Å². The summed E-state index contributed by atoms with van der Waals surface area (Å²) in [5.74, 6) is -0.0947. The zero-order chi connectivity index (χ0) is 13.0. The fraction of sp³-hybridized carbons (Fsp3) is 0.143. The SMILES string of the molecule is O=S(=O)(CC(Cl)c1ccccc1)c1ccccc1. The van der Waals surface area contributed by atoms with E-state index in [2.05, 4.69) is 0 Å². The predicted octanol–water partition coefficient (Wildman–Crippen LogP) is 3.44. The molecule has 0 bridgehead atoms. The molecule has 0 saturated carbocycles. The predicted molar refractivity (Wildman–Crippen MR) is 73.5 cm³/mol. The van der Waals surface area contributed by atoms with E-state index in [0.29, 0.717) is 4.90 Å². The molecule has 2 aromatic rings. The van der Waals surface area contributed by atoms with Crippen molar-refractivity contribution in [2.45, 2.75) is 10.3 Å². The standard InChI is InChI=1S/C14H13ClO2S/c15-14(12-7-3-1-4-8-12)11-18(16,17)13-9-5-2-6-10-13/h1-10,14H,11H2. The Morgan fingerprint density at radius 2 is 1.39 bits per heavy atom. The van der Waals surface area contributed by atoms with Gasteiger partial charge in [0.25, 0.3) is 0 Å². The van der Waals surface area contributed by atoms with Crippen LogP contribution in [-0.4, -0.2) is 14.2 Å². The zero-order valence-electron chi connectivity index (χ0n) is 9.66. The number of sulfone groups is 1. The Kier molecular flexibility index (Phi) is 4.04. The minimum absolute atomic E-state index is 0.0947. The summed E-state index contributed by atoms with van der Waals surface area (Å²) in [6, 6.07) is 17.6. The summed E-state index contributed by atoms with van der Waals surface area (Å²) in [5.41, 5.74) is 0.818. The Morgan fingerprint density at radius 1 is 0.889 bits per heavy atom. The highest BCUT2D eigenvalue weighted by atomic mass is 35.5. The van der Waals surface area contributed by atoms with Gasteiger partial charge in [-0.25, -0.2) is 8.42 Å². The normalized spacial score (nSPS) is 13.2. The van der Waals surface area contributed by atoms with Gasteiger partial charge in [0, 0.05) is 0 Å². The summed E-state index contributed by atoms with van der Waals surface area (Å²) in [6.45, 7) is 0. The van der Waals surface area contributed by atoms with E-state index < -0.39 is 15.2 Å². The van der Waals surface area contributed by atoms with Crippen LogP contribution in [-0.2, 0) is 9.84 Å². The molecule has 2 nitrogen and oxygen atoms in total. The van der Waals surface area contributed by atoms with Crippen LogP contribution in [0.3, 0.4) is 0 Å². The molecule has 0 spiro atoms. The third kappa shape index (κ3) is 3.12. The van der Waals surface area contributed by atoms with Crippen molar-refractivity contribution in [2.24, 2.45) is 0 Å². The van der Waals surface area contributed by atoms with Crippen molar-refractivity contribution in [1.82, 2.24) is 0 Å². The lowest BCUT2D eigenvalue weighted by molar-refractivity contribution is 0.594. The monoisotopic (exact) mass is 280 g/mol. The first-order chi connectivity index (χ1) is 8.59. The van der Waals surface area contributed by atoms with Gasteiger partial charge >= 0.3 is 0 Å². The molecule has 0 N–H and O–H groups in total. The molecular weight excluding hydrogens is 268 g/mol. The average molecular weight is 281 g/mol. The van der Waals surface area contributed by atoms with Crippen LogP contribution in [0.4, 0.5) is 0 Å². The van der Waals surface area contributed by atoms with Crippen LogP contribution in [0.1, 0.15) is 10.9 Å². The second-order valence-corrected chi connectivity index (χ2v) is 6.53. The molecule has 0 aliphatic rings. The topological polar surface area (TPSA) is 34.1 Å². The Bertz CT molecular complexity index is 594. The van der Waals surface area contributed by atoms with E-state index in [0.717, 1.165) is 5.56 Å².